The zero-order valence-corrected chi connectivity index (χ0v) is 10.7. The fourth-order valence-corrected chi connectivity index (χ4v) is 1.82. The fourth-order valence-electron chi connectivity index (χ4n) is 1.82. The largest absolute Gasteiger partial charge is 0.326 e. The van der Waals surface area contributed by atoms with E-state index < -0.39 is 23.9 Å². The molecule has 4 amide bonds. The van der Waals surface area contributed by atoms with Crippen LogP contribution in [-0.2, 0) is 9.59 Å². The minimum atomic E-state index is -0.863. The summed E-state index contributed by atoms with van der Waals surface area (Å²) in [6, 6.07) is 5.01. The number of carbonyl (C=O) groups excluding carboxylic acids is 4. The summed E-state index contributed by atoms with van der Waals surface area (Å²) < 4.78 is 0. The average molecular weight is 275 g/mol. The number of anilines is 1. The molecule has 3 N–H and O–H groups in total. The normalized spacial score (nSPS) is 17.4. The van der Waals surface area contributed by atoms with E-state index in [0.717, 1.165) is 0 Å². The van der Waals surface area contributed by atoms with Crippen LogP contribution >= 0.6 is 0 Å². The van der Waals surface area contributed by atoms with Crippen LogP contribution in [0.3, 0.4) is 0 Å². The number of rotatable bonds is 4. The van der Waals surface area contributed by atoms with Crippen LogP contribution in [0.4, 0.5) is 10.5 Å². The van der Waals surface area contributed by atoms with Gasteiger partial charge in [-0.05, 0) is 19.1 Å². The van der Waals surface area contributed by atoms with Crippen LogP contribution in [0.1, 0.15) is 23.7 Å². The molecule has 2 rings (SSSR count). The van der Waals surface area contributed by atoms with Crippen LogP contribution < -0.4 is 16.0 Å². The maximum atomic E-state index is 11.8. The number of benzene rings is 1. The summed E-state index contributed by atoms with van der Waals surface area (Å²) in [7, 11) is 0. The number of hydrogen-bond donors (Lipinski definition) is 3. The third-order valence-corrected chi connectivity index (χ3v) is 2.80. The monoisotopic (exact) mass is 275 g/mol. The number of nitrogens with one attached hydrogen (secondary N) is 3. The predicted octanol–water partition coefficient (Wildman–Crippen LogP) is 0.426. The van der Waals surface area contributed by atoms with Crippen LogP contribution in [-0.4, -0.2) is 29.7 Å². The molecule has 0 spiro atoms. The molecule has 1 aromatic rings. The Balaban J connectivity index is 1.98. The zero-order chi connectivity index (χ0) is 14.7. The van der Waals surface area contributed by atoms with Gasteiger partial charge < -0.3 is 10.6 Å². The first-order valence-corrected chi connectivity index (χ1v) is 5.98. The minimum absolute atomic E-state index is 0.108. The predicted molar refractivity (Wildman–Crippen MR) is 70.2 cm³/mol. The van der Waals surface area contributed by atoms with Crippen molar-refractivity contribution in [3.63, 3.8) is 0 Å². The van der Waals surface area contributed by atoms with Crippen LogP contribution in [0.5, 0.6) is 0 Å². The van der Waals surface area contributed by atoms with Gasteiger partial charge in [0.05, 0.1) is 6.42 Å². The first-order valence-electron chi connectivity index (χ1n) is 5.98. The Morgan fingerprint density at radius 2 is 2.05 bits per heavy atom. The fraction of sp³-hybridized carbons (Fsp3) is 0.231. The van der Waals surface area contributed by atoms with E-state index in [9.17, 15) is 19.2 Å². The Morgan fingerprint density at radius 1 is 1.30 bits per heavy atom. The summed E-state index contributed by atoms with van der Waals surface area (Å²) in [5, 5.41) is 6.96. The van der Waals surface area contributed by atoms with Crippen LogP contribution in [0.25, 0.3) is 0 Å². The van der Waals surface area contributed by atoms with E-state index in [1.807, 2.05) is 5.32 Å². The molecule has 1 fully saturated rings. The van der Waals surface area contributed by atoms with E-state index in [0.29, 0.717) is 11.3 Å². The van der Waals surface area contributed by atoms with Crippen molar-refractivity contribution in [3.8, 4) is 0 Å². The second kappa shape index (κ2) is 5.52. The zero-order valence-electron chi connectivity index (χ0n) is 10.7. The number of urea groups is 1. The first kappa shape index (κ1) is 13.7. The molecule has 0 radical (unpaired) electrons. The highest BCUT2D eigenvalue weighted by Crippen LogP contribution is 2.12. The van der Waals surface area contributed by atoms with Crippen LogP contribution in [0, 0.1) is 0 Å². The Kier molecular flexibility index (Phi) is 3.79. The molecule has 20 heavy (non-hydrogen) atoms. The standard InChI is InChI=1S/C13H13N3O4/c1-7(17)8-3-2-4-9(5-8)14-11(18)6-10-12(19)16-13(20)15-10/h2-5,10H,6H2,1H3,(H,14,18)(H2,15,16,19,20). The van der Waals surface area contributed by atoms with Crippen molar-refractivity contribution < 1.29 is 19.2 Å². The lowest BCUT2D eigenvalue weighted by atomic mass is 10.1. The van der Waals surface area contributed by atoms with Crippen molar-refractivity contribution in [3.05, 3.63) is 29.8 Å². The molecular formula is C13H13N3O4. The number of Topliss-reactive ketones (excluding diaryl/α,β-unsaturated/α-hetero) is 1. The van der Waals surface area contributed by atoms with Crippen molar-refractivity contribution in [2.75, 3.05) is 5.32 Å². The molecule has 104 valence electrons. The number of imide groups is 1. The van der Waals surface area contributed by atoms with Crippen molar-refractivity contribution in [1.82, 2.24) is 10.6 Å². The molecule has 1 aliphatic rings. The Hall–Kier alpha value is -2.70. The molecule has 1 aliphatic heterocycles. The lowest BCUT2D eigenvalue weighted by Crippen LogP contribution is -2.33. The summed E-state index contributed by atoms with van der Waals surface area (Å²) >= 11 is 0. The number of ketones is 1. The lowest BCUT2D eigenvalue weighted by Gasteiger charge is -2.09. The second-order valence-corrected chi connectivity index (χ2v) is 4.40. The maximum absolute atomic E-state index is 11.8. The Labute approximate surface area is 114 Å². The van der Waals surface area contributed by atoms with E-state index in [1.54, 1.807) is 24.3 Å². The van der Waals surface area contributed by atoms with Gasteiger partial charge in [0.2, 0.25) is 5.91 Å². The molecule has 0 bridgehead atoms. The summed E-state index contributed by atoms with van der Waals surface area (Å²) in [5.74, 6) is -1.06. The van der Waals surface area contributed by atoms with Crippen molar-refractivity contribution >= 4 is 29.3 Å². The van der Waals surface area contributed by atoms with E-state index >= 15 is 0 Å². The Morgan fingerprint density at radius 3 is 2.65 bits per heavy atom. The first-order chi connectivity index (χ1) is 9.45. The highest BCUT2D eigenvalue weighted by atomic mass is 16.2. The molecule has 1 heterocycles. The summed E-state index contributed by atoms with van der Waals surface area (Å²) in [5.41, 5.74) is 0.946. The van der Waals surface area contributed by atoms with Crippen LogP contribution in [0.15, 0.2) is 24.3 Å². The third kappa shape index (κ3) is 3.19. The number of hydrogen-bond acceptors (Lipinski definition) is 4. The highest BCUT2D eigenvalue weighted by molar-refractivity contribution is 6.07. The second-order valence-electron chi connectivity index (χ2n) is 4.40. The minimum Gasteiger partial charge on any atom is -0.326 e. The number of amides is 4. The SMILES string of the molecule is CC(=O)c1cccc(NC(=O)CC2NC(=O)NC2=O)c1. The van der Waals surface area contributed by atoms with Gasteiger partial charge in [0, 0.05) is 11.3 Å². The van der Waals surface area contributed by atoms with Gasteiger partial charge >= 0.3 is 6.03 Å². The van der Waals surface area contributed by atoms with Gasteiger partial charge in [-0.15, -0.1) is 0 Å². The Bertz CT molecular complexity index is 597. The molecular weight excluding hydrogens is 262 g/mol. The topological polar surface area (TPSA) is 104 Å². The van der Waals surface area contributed by atoms with E-state index in [4.69, 9.17) is 0 Å². The van der Waals surface area contributed by atoms with Crippen molar-refractivity contribution in [1.29, 1.82) is 0 Å². The van der Waals surface area contributed by atoms with Gasteiger partial charge in [0.1, 0.15) is 6.04 Å². The summed E-state index contributed by atoms with van der Waals surface area (Å²) in [6.07, 6.45) is -0.165. The van der Waals surface area contributed by atoms with E-state index in [2.05, 4.69) is 10.6 Å². The van der Waals surface area contributed by atoms with E-state index in [-0.39, 0.29) is 12.2 Å². The smallest absolute Gasteiger partial charge is 0.322 e. The molecule has 0 saturated carbocycles. The average Bonchev–Trinajstić information content (AvgIpc) is 2.67. The van der Waals surface area contributed by atoms with Crippen LogP contribution in [0.2, 0.25) is 0 Å². The molecule has 1 aromatic carbocycles. The molecule has 7 heteroatoms. The molecule has 1 unspecified atom stereocenters. The van der Waals surface area contributed by atoms with Gasteiger partial charge in [-0.3, -0.25) is 19.7 Å². The van der Waals surface area contributed by atoms with Crippen molar-refractivity contribution in [2.24, 2.45) is 0 Å². The quantitative estimate of drug-likeness (QED) is 0.547. The van der Waals surface area contributed by atoms with Gasteiger partial charge in [0.15, 0.2) is 5.78 Å². The molecule has 0 aromatic heterocycles. The number of carbonyl (C=O) groups is 4. The van der Waals surface area contributed by atoms with Gasteiger partial charge in [-0.25, -0.2) is 4.79 Å². The van der Waals surface area contributed by atoms with Gasteiger partial charge in [-0.1, -0.05) is 12.1 Å². The molecule has 7 nitrogen and oxygen atoms in total. The lowest BCUT2D eigenvalue weighted by molar-refractivity contribution is -0.124. The van der Waals surface area contributed by atoms with Crippen molar-refractivity contribution in [2.45, 2.75) is 19.4 Å². The van der Waals surface area contributed by atoms with Gasteiger partial charge in [0.25, 0.3) is 5.91 Å². The molecule has 0 aliphatic carbocycles. The molecule has 1 saturated heterocycles. The summed E-state index contributed by atoms with van der Waals surface area (Å²) in [4.78, 5) is 45.2. The summed E-state index contributed by atoms with van der Waals surface area (Å²) in [6.45, 7) is 1.43. The third-order valence-electron chi connectivity index (χ3n) is 2.80. The van der Waals surface area contributed by atoms with Gasteiger partial charge in [-0.2, -0.15) is 0 Å². The highest BCUT2D eigenvalue weighted by Gasteiger charge is 2.31. The van der Waals surface area contributed by atoms with E-state index in [1.165, 1.54) is 6.92 Å². The molecule has 1 atom stereocenters. The maximum Gasteiger partial charge on any atom is 0.322 e.